The van der Waals surface area contributed by atoms with Crippen molar-refractivity contribution in [1.82, 2.24) is 0 Å². The van der Waals surface area contributed by atoms with Crippen LogP contribution in [0, 0.1) is 11.8 Å². The molecule has 0 fully saturated rings. The Hall–Kier alpha value is -3.21. The van der Waals surface area contributed by atoms with Crippen LogP contribution in [0.4, 0.5) is 5.69 Å². The van der Waals surface area contributed by atoms with E-state index in [0.717, 1.165) is 24.3 Å². The minimum Gasteiger partial charge on any atom is -0.286 e. The lowest BCUT2D eigenvalue weighted by Crippen LogP contribution is -2.37. The predicted octanol–water partition coefficient (Wildman–Crippen LogP) is 1.78. The molecule has 0 saturated heterocycles. The van der Waals surface area contributed by atoms with Gasteiger partial charge in [0.05, 0.1) is 10.6 Å². The molecule has 0 bridgehead atoms. The Kier molecular flexibility index (Phi) is 6.03. The molecule has 35 heavy (non-hydrogen) atoms. The van der Waals surface area contributed by atoms with E-state index in [1.165, 1.54) is 30.3 Å². The molecule has 0 amide bonds. The first-order valence-electron chi connectivity index (χ1n) is 9.62. The summed E-state index contributed by atoms with van der Waals surface area (Å²) in [5, 5.41) is 4.45. The number of nitrogens with zero attached hydrogens (tertiary/aromatic N) is 1. The summed E-state index contributed by atoms with van der Waals surface area (Å²) in [5.74, 6) is -3.16. The largest absolute Gasteiger partial charge is 0.298 e. The van der Waals surface area contributed by atoms with Crippen LogP contribution in [0.15, 0.2) is 80.5 Å². The zero-order chi connectivity index (χ0) is 25.8. The highest BCUT2D eigenvalue weighted by molar-refractivity contribution is 7.91. The van der Waals surface area contributed by atoms with Crippen molar-refractivity contribution in [1.29, 1.82) is 0 Å². The first kappa shape index (κ1) is 24.9. The normalized spacial score (nSPS) is 22.0. The Labute approximate surface area is 199 Å². The van der Waals surface area contributed by atoms with Gasteiger partial charge in [-0.1, -0.05) is 42.5 Å². The summed E-state index contributed by atoms with van der Waals surface area (Å²) in [6, 6.07) is 8.45. The van der Waals surface area contributed by atoms with Crippen LogP contribution in [-0.4, -0.2) is 50.4 Å². The van der Waals surface area contributed by atoms with Gasteiger partial charge in [0, 0.05) is 22.6 Å². The molecule has 0 spiro atoms. The van der Waals surface area contributed by atoms with Gasteiger partial charge in [-0.15, -0.1) is 0 Å². The summed E-state index contributed by atoms with van der Waals surface area (Å²) in [6.07, 6.45) is 4.15. The molecule has 0 aromatic heterocycles. The maximum atomic E-state index is 12.9. The van der Waals surface area contributed by atoms with Crippen LogP contribution in [0.2, 0.25) is 0 Å². The van der Waals surface area contributed by atoms with E-state index >= 15 is 0 Å². The van der Waals surface area contributed by atoms with Crippen molar-refractivity contribution >= 4 is 58.3 Å². The SMILES string of the molecule is O=C1C(S(=O)(=O)O)=CC2C=C(S(=O)(=O)O)C=CC2/C1=N/Nc1ccc(S(=O)(=O)O)c2ccccc12. The second-order valence-corrected chi connectivity index (χ2v) is 11.8. The maximum absolute atomic E-state index is 12.9. The fraction of sp³-hybridized carbons (Fsp3) is 0.100. The molecule has 0 heterocycles. The molecule has 2 aromatic carbocycles. The number of hydrogen-bond donors (Lipinski definition) is 4. The quantitative estimate of drug-likeness (QED) is 0.318. The molecule has 15 heteroatoms. The highest BCUT2D eigenvalue weighted by Crippen LogP contribution is 2.35. The van der Waals surface area contributed by atoms with E-state index in [1.54, 1.807) is 6.07 Å². The van der Waals surface area contributed by atoms with E-state index < -0.39 is 63.5 Å². The van der Waals surface area contributed by atoms with Crippen molar-refractivity contribution in [3.8, 4) is 0 Å². The Morgan fingerprint density at radius 3 is 2.06 bits per heavy atom. The summed E-state index contributed by atoms with van der Waals surface area (Å²) >= 11 is 0. The summed E-state index contributed by atoms with van der Waals surface area (Å²) in [5.41, 5.74) is 2.38. The second kappa shape index (κ2) is 8.47. The third-order valence-corrected chi connectivity index (χ3v) is 8.05. The number of fused-ring (bicyclic) bond motifs is 2. The second-order valence-electron chi connectivity index (χ2n) is 7.58. The van der Waals surface area contributed by atoms with E-state index in [1.807, 2.05) is 0 Å². The number of nitrogens with one attached hydrogen (secondary N) is 1. The number of rotatable bonds is 5. The van der Waals surface area contributed by atoms with Gasteiger partial charge in [0.25, 0.3) is 30.4 Å². The first-order chi connectivity index (χ1) is 16.2. The molecule has 12 nitrogen and oxygen atoms in total. The molecule has 0 saturated carbocycles. The zero-order valence-corrected chi connectivity index (χ0v) is 19.7. The van der Waals surface area contributed by atoms with Gasteiger partial charge in [-0.2, -0.15) is 30.4 Å². The summed E-state index contributed by atoms with van der Waals surface area (Å²) < 4.78 is 98.2. The van der Waals surface area contributed by atoms with Crippen molar-refractivity contribution in [2.24, 2.45) is 16.9 Å². The smallest absolute Gasteiger partial charge is 0.286 e. The van der Waals surface area contributed by atoms with Gasteiger partial charge in [0.2, 0.25) is 5.78 Å². The van der Waals surface area contributed by atoms with E-state index in [4.69, 9.17) is 0 Å². The van der Waals surface area contributed by atoms with Crippen molar-refractivity contribution in [2.45, 2.75) is 4.90 Å². The molecule has 4 rings (SSSR count). The predicted molar refractivity (Wildman–Crippen MR) is 125 cm³/mol. The monoisotopic (exact) mass is 540 g/mol. The van der Waals surface area contributed by atoms with E-state index in [9.17, 15) is 43.7 Å². The fourth-order valence-corrected chi connectivity index (χ4v) is 5.79. The highest BCUT2D eigenvalue weighted by atomic mass is 32.2. The summed E-state index contributed by atoms with van der Waals surface area (Å²) in [7, 11) is -14.2. The van der Waals surface area contributed by atoms with Gasteiger partial charge in [0.15, 0.2) is 0 Å². The number of carbonyl (C=O) groups is 1. The Bertz CT molecular complexity index is 1720. The van der Waals surface area contributed by atoms with Crippen LogP contribution in [-0.2, 0) is 35.1 Å². The third kappa shape index (κ3) is 4.82. The molecular formula is C20H16N2O10S3. The Morgan fingerprint density at radius 1 is 0.800 bits per heavy atom. The van der Waals surface area contributed by atoms with E-state index in [2.05, 4.69) is 10.5 Å². The zero-order valence-electron chi connectivity index (χ0n) is 17.3. The Balaban J connectivity index is 1.83. The third-order valence-electron chi connectivity index (χ3n) is 5.39. The molecule has 2 atom stereocenters. The minimum atomic E-state index is -5.01. The van der Waals surface area contributed by atoms with Crippen LogP contribution in [0.3, 0.4) is 0 Å². The van der Waals surface area contributed by atoms with Gasteiger partial charge < -0.3 is 0 Å². The summed E-state index contributed by atoms with van der Waals surface area (Å²) in [4.78, 5) is 10.9. The van der Waals surface area contributed by atoms with E-state index in [-0.39, 0.29) is 16.0 Å². The van der Waals surface area contributed by atoms with Crippen LogP contribution >= 0.6 is 0 Å². The number of Topliss-reactive ketones (excluding diaryl/α,β-unsaturated/α-hetero) is 1. The molecule has 2 unspecified atom stereocenters. The van der Waals surface area contributed by atoms with Crippen LogP contribution in [0.1, 0.15) is 0 Å². The molecule has 2 aromatic rings. The van der Waals surface area contributed by atoms with Crippen LogP contribution in [0.5, 0.6) is 0 Å². The topological polar surface area (TPSA) is 205 Å². The molecule has 4 N–H and O–H groups in total. The van der Waals surface area contributed by atoms with Gasteiger partial charge in [-0.05, 0) is 18.2 Å². The molecule has 184 valence electrons. The van der Waals surface area contributed by atoms with Gasteiger partial charge in [-0.25, -0.2) is 0 Å². The maximum Gasteiger partial charge on any atom is 0.298 e. The molecular weight excluding hydrogens is 524 g/mol. The number of hydrazone groups is 1. The molecule has 2 aliphatic carbocycles. The molecule has 0 radical (unpaired) electrons. The lowest BCUT2D eigenvalue weighted by Gasteiger charge is -2.28. The first-order valence-corrected chi connectivity index (χ1v) is 13.9. The van der Waals surface area contributed by atoms with Crippen molar-refractivity contribution < 1.29 is 43.7 Å². The van der Waals surface area contributed by atoms with Crippen molar-refractivity contribution in [3.05, 3.63) is 70.5 Å². The standard InChI is InChI=1S/C20H16N2O10S3/c23-20-18(35(30,31)32)10-11-9-12(33(24,25)26)5-6-13(11)19(20)22-21-16-7-8-17(34(27,28)29)15-4-2-1-3-14(15)16/h1-11,13,21H,(H,24,25,26)(H,27,28,29)(H,30,31,32)/b22-19-. The molecule has 0 aliphatic heterocycles. The van der Waals surface area contributed by atoms with Gasteiger partial charge in [-0.3, -0.25) is 23.9 Å². The highest BCUT2D eigenvalue weighted by Gasteiger charge is 2.40. The van der Waals surface area contributed by atoms with Crippen LogP contribution in [0.25, 0.3) is 10.8 Å². The van der Waals surface area contributed by atoms with Crippen molar-refractivity contribution in [3.63, 3.8) is 0 Å². The van der Waals surface area contributed by atoms with E-state index in [0.29, 0.717) is 5.39 Å². The average molecular weight is 541 g/mol. The number of ketones is 1. The number of benzene rings is 2. The van der Waals surface area contributed by atoms with Crippen LogP contribution < -0.4 is 5.43 Å². The lowest BCUT2D eigenvalue weighted by molar-refractivity contribution is -0.109. The lowest BCUT2D eigenvalue weighted by atomic mass is 9.79. The number of anilines is 1. The minimum absolute atomic E-state index is 0.143. The number of carbonyl (C=O) groups excluding carboxylic acids is 1. The Morgan fingerprint density at radius 2 is 1.46 bits per heavy atom. The fourth-order valence-electron chi connectivity index (χ4n) is 3.84. The summed E-state index contributed by atoms with van der Waals surface area (Å²) in [6.45, 7) is 0. The van der Waals surface area contributed by atoms with Gasteiger partial charge >= 0.3 is 0 Å². The van der Waals surface area contributed by atoms with Gasteiger partial charge in [0.1, 0.15) is 15.5 Å². The van der Waals surface area contributed by atoms with Crippen molar-refractivity contribution in [2.75, 3.05) is 5.43 Å². The average Bonchev–Trinajstić information content (AvgIpc) is 2.75. The number of hydrogen-bond acceptors (Lipinski definition) is 9. The number of allylic oxidation sites excluding steroid dienone is 5. The molecule has 2 aliphatic rings.